The molecule has 8 nitrogen and oxygen atoms in total. The molecule has 2 aliphatic carbocycles. The van der Waals surface area contributed by atoms with Crippen molar-refractivity contribution < 1.29 is 24.2 Å². The van der Waals surface area contributed by atoms with Crippen LogP contribution in [0.3, 0.4) is 0 Å². The van der Waals surface area contributed by atoms with E-state index in [2.05, 4.69) is 39.8 Å². The van der Waals surface area contributed by atoms with E-state index in [4.69, 9.17) is 4.74 Å². The van der Waals surface area contributed by atoms with E-state index in [1.165, 1.54) is 0 Å². The topological polar surface area (TPSA) is 108 Å². The lowest BCUT2D eigenvalue weighted by molar-refractivity contribution is -0.138. The molecule has 2 amide bonds. The minimum Gasteiger partial charge on any atom is -0.481 e. The summed E-state index contributed by atoms with van der Waals surface area (Å²) in [7, 11) is 0. The van der Waals surface area contributed by atoms with Crippen LogP contribution in [0, 0.1) is 5.92 Å². The van der Waals surface area contributed by atoms with Gasteiger partial charge in [0.15, 0.2) is 0 Å². The first-order chi connectivity index (χ1) is 19.9. The molecule has 212 valence electrons. The molecule has 0 aromatic heterocycles. The highest BCUT2D eigenvalue weighted by Gasteiger charge is 2.48. The standard InChI is InChI=1S/C33H35N3O5/c37-30(38)18-29(23-14-15-23)34-31(39)33(16-17-36(21-33)19-22-8-2-1-3-9-22)35-32(40)41-20-28-26-12-6-4-10-24(26)25-11-5-7-13-27(25)28/h1-13,23,28-29H,14-21H2,(H,34,39)(H,35,40)(H,37,38). The highest BCUT2D eigenvalue weighted by atomic mass is 16.5. The molecule has 41 heavy (non-hydrogen) atoms. The lowest BCUT2D eigenvalue weighted by atomic mass is 9.96. The minimum atomic E-state index is -1.22. The Morgan fingerprint density at radius 3 is 2.20 bits per heavy atom. The molecule has 1 saturated carbocycles. The van der Waals surface area contributed by atoms with Gasteiger partial charge in [-0.25, -0.2) is 4.79 Å². The Labute approximate surface area is 239 Å². The fraction of sp³-hybridized carbons (Fsp3) is 0.364. The van der Waals surface area contributed by atoms with E-state index >= 15 is 0 Å². The van der Waals surface area contributed by atoms with Crippen LogP contribution in [0.15, 0.2) is 78.9 Å². The second-order valence-corrected chi connectivity index (χ2v) is 11.5. The smallest absolute Gasteiger partial charge is 0.408 e. The summed E-state index contributed by atoms with van der Waals surface area (Å²) < 4.78 is 5.82. The molecule has 8 heteroatoms. The number of rotatable bonds is 10. The summed E-state index contributed by atoms with van der Waals surface area (Å²) in [5.74, 6) is -1.23. The third-order valence-corrected chi connectivity index (χ3v) is 8.62. The molecule has 3 aromatic rings. The van der Waals surface area contributed by atoms with Gasteiger partial charge in [0.2, 0.25) is 5.91 Å². The maximum atomic E-state index is 13.8. The zero-order valence-electron chi connectivity index (χ0n) is 22.9. The minimum absolute atomic E-state index is 0.0918. The van der Waals surface area contributed by atoms with E-state index in [-0.39, 0.29) is 30.8 Å². The zero-order chi connectivity index (χ0) is 28.4. The zero-order valence-corrected chi connectivity index (χ0v) is 22.9. The highest BCUT2D eigenvalue weighted by Crippen LogP contribution is 2.44. The quantitative estimate of drug-likeness (QED) is 0.340. The first-order valence-electron chi connectivity index (χ1n) is 14.3. The summed E-state index contributed by atoms with van der Waals surface area (Å²) in [5, 5.41) is 15.3. The van der Waals surface area contributed by atoms with Crippen LogP contribution in [0.25, 0.3) is 11.1 Å². The van der Waals surface area contributed by atoms with Crippen molar-refractivity contribution in [3.8, 4) is 11.1 Å². The van der Waals surface area contributed by atoms with Gasteiger partial charge in [-0.2, -0.15) is 0 Å². The molecule has 2 unspecified atom stereocenters. The summed E-state index contributed by atoms with van der Waals surface area (Å²) in [4.78, 5) is 40.8. The Balaban J connectivity index is 1.18. The van der Waals surface area contributed by atoms with E-state index in [1.54, 1.807) is 0 Å². The third kappa shape index (κ3) is 5.84. The van der Waals surface area contributed by atoms with Crippen molar-refractivity contribution in [1.82, 2.24) is 15.5 Å². The van der Waals surface area contributed by atoms with E-state index < -0.39 is 23.6 Å². The Bertz CT molecular complexity index is 1390. The predicted molar refractivity (Wildman–Crippen MR) is 154 cm³/mol. The molecule has 1 saturated heterocycles. The lowest BCUT2D eigenvalue weighted by Gasteiger charge is -2.31. The van der Waals surface area contributed by atoms with Crippen LogP contribution < -0.4 is 10.6 Å². The number of carbonyl (C=O) groups is 3. The van der Waals surface area contributed by atoms with Gasteiger partial charge >= 0.3 is 12.1 Å². The average molecular weight is 554 g/mol. The normalized spacial score (nSPS) is 20.6. The number of aliphatic carboxylic acids is 1. The monoisotopic (exact) mass is 553 g/mol. The number of carboxylic acid groups (broad SMARTS) is 1. The molecule has 2 fully saturated rings. The maximum absolute atomic E-state index is 13.8. The van der Waals surface area contributed by atoms with Crippen molar-refractivity contribution in [2.75, 3.05) is 19.7 Å². The van der Waals surface area contributed by atoms with Gasteiger partial charge in [0.05, 0.1) is 6.42 Å². The molecule has 0 spiro atoms. The second kappa shape index (κ2) is 11.4. The van der Waals surface area contributed by atoms with E-state index in [9.17, 15) is 19.5 Å². The predicted octanol–water partition coefficient (Wildman–Crippen LogP) is 4.54. The number of carboxylic acids is 1. The van der Waals surface area contributed by atoms with Crippen LogP contribution in [-0.2, 0) is 20.9 Å². The SMILES string of the molecule is O=C(O)CC(NC(=O)C1(NC(=O)OCC2c3ccccc3-c3ccccc32)CCN(Cc2ccccc2)C1)C1CC1. The summed E-state index contributed by atoms with van der Waals surface area (Å²) in [5.41, 5.74) is 4.42. The van der Waals surface area contributed by atoms with Gasteiger partial charge in [0.25, 0.3) is 0 Å². The average Bonchev–Trinajstić information content (AvgIpc) is 3.67. The van der Waals surface area contributed by atoms with Crippen LogP contribution in [-0.4, -0.2) is 59.3 Å². The summed E-state index contributed by atoms with van der Waals surface area (Å²) in [6.07, 6.45) is 1.41. The molecule has 0 radical (unpaired) electrons. The Morgan fingerprint density at radius 1 is 0.927 bits per heavy atom. The van der Waals surface area contributed by atoms with Crippen molar-refractivity contribution >= 4 is 18.0 Å². The Hall–Kier alpha value is -4.17. The van der Waals surface area contributed by atoms with Gasteiger partial charge in [-0.15, -0.1) is 0 Å². The summed E-state index contributed by atoms with van der Waals surface area (Å²) >= 11 is 0. The maximum Gasteiger partial charge on any atom is 0.408 e. The van der Waals surface area contributed by atoms with Crippen LogP contribution in [0.1, 0.15) is 48.3 Å². The molecule has 3 aliphatic rings. The number of alkyl carbamates (subject to hydrolysis) is 1. The van der Waals surface area contributed by atoms with E-state index in [1.807, 2.05) is 54.6 Å². The molecule has 3 aromatic carbocycles. The number of hydrogen-bond acceptors (Lipinski definition) is 5. The molecule has 1 heterocycles. The third-order valence-electron chi connectivity index (χ3n) is 8.62. The number of carbonyl (C=O) groups excluding carboxylic acids is 2. The van der Waals surface area contributed by atoms with E-state index in [0.29, 0.717) is 26.1 Å². The van der Waals surface area contributed by atoms with Crippen LogP contribution in [0.2, 0.25) is 0 Å². The first-order valence-corrected chi connectivity index (χ1v) is 14.3. The molecule has 3 N–H and O–H groups in total. The van der Waals surface area contributed by atoms with Crippen molar-refractivity contribution in [1.29, 1.82) is 0 Å². The fourth-order valence-electron chi connectivity index (χ4n) is 6.37. The fourth-order valence-corrected chi connectivity index (χ4v) is 6.37. The Kier molecular flexibility index (Phi) is 7.49. The molecular weight excluding hydrogens is 518 g/mol. The molecule has 1 aliphatic heterocycles. The van der Waals surface area contributed by atoms with Gasteiger partial charge in [0.1, 0.15) is 12.1 Å². The summed E-state index contributed by atoms with van der Waals surface area (Å²) in [6.45, 7) is 1.71. The first kappa shape index (κ1) is 27.0. The molecular formula is C33H35N3O5. The van der Waals surface area contributed by atoms with Gasteiger partial charge in [-0.05, 0) is 53.0 Å². The highest BCUT2D eigenvalue weighted by molar-refractivity contribution is 5.91. The number of benzene rings is 3. The van der Waals surface area contributed by atoms with Crippen LogP contribution in [0.4, 0.5) is 4.79 Å². The molecule has 0 bridgehead atoms. The number of ether oxygens (including phenoxy) is 1. The van der Waals surface area contributed by atoms with Crippen LogP contribution in [0.5, 0.6) is 0 Å². The van der Waals surface area contributed by atoms with Crippen LogP contribution >= 0.6 is 0 Å². The van der Waals surface area contributed by atoms with Crippen molar-refractivity contribution in [3.63, 3.8) is 0 Å². The Morgan fingerprint density at radius 2 is 1.56 bits per heavy atom. The van der Waals surface area contributed by atoms with Crippen molar-refractivity contribution in [3.05, 3.63) is 95.6 Å². The largest absolute Gasteiger partial charge is 0.481 e. The second-order valence-electron chi connectivity index (χ2n) is 11.5. The van der Waals surface area contributed by atoms with Gasteiger partial charge in [-0.1, -0.05) is 78.9 Å². The lowest BCUT2D eigenvalue weighted by Crippen LogP contribution is -2.62. The van der Waals surface area contributed by atoms with Gasteiger partial charge in [-0.3, -0.25) is 14.5 Å². The number of nitrogens with one attached hydrogen (secondary N) is 2. The number of likely N-dealkylation sites (tertiary alicyclic amines) is 1. The number of amides is 2. The number of fused-ring (bicyclic) bond motifs is 3. The molecule has 2 atom stereocenters. The van der Waals surface area contributed by atoms with E-state index in [0.717, 1.165) is 40.7 Å². The number of nitrogens with zero attached hydrogens (tertiary/aromatic N) is 1. The van der Waals surface area contributed by atoms with Crippen molar-refractivity contribution in [2.24, 2.45) is 5.92 Å². The van der Waals surface area contributed by atoms with Gasteiger partial charge in [0, 0.05) is 31.6 Å². The van der Waals surface area contributed by atoms with Gasteiger partial charge < -0.3 is 20.5 Å². The number of hydrogen-bond donors (Lipinski definition) is 3. The summed E-state index contributed by atoms with van der Waals surface area (Å²) in [6, 6.07) is 25.8. The molecule has 6 rings (SSSR count). The van der Waals surface area contributed by atoms with Crippen molar-refractivity contribution in [2.45, 2.75) is 49.7 Å².